The Labute approximate surface area is 188 Å². The van der Waals surface area contributed by atoms with Crippen LogP contribution in [0.3, 0.4) is 0 Å². The molecule has 7 nitrogen and oxygen atoms in total. The van der Waals surface area contributed by atoms with Gasteiger partial charge in [-0.05, 0) is 42.5 Å². The van der Waals surface area contributed by atoms with Gasteiger partial charge in [-0.2, -0.15) is 10.2 Å². The van der Waals surface area contributed by atoms with E-state index >= 15 is 0 Å². The van der Waals surface area contributed by atoms with Gasteiger partial charge in [0.15, 0.2) is 0 Å². The molecule has 0 aliphatic rings. The maximum absolute atomic E-state index is 14.5. The lowest BCUT2D eigenvalue weighted by Gasteiger charge is -2.15. The molecule has 0 fully saturated rings. The first-order chi connectivity index (χ1) is 15.3. The van der Waals surface area contributed by atoms with Crippen LogP contribution in [0, 0.1) is 24.1 Å². The Morgan fingerprint density at radius 1 is 1.22 bits per heavy atom. The zero-order chi connectivity index (χ0) is 23.4. The number of nitrogens with zero attached hydrogens (tertiary/aromatic N) is 4. The Kier molecular flexibility index (Phi) is 6.71. The van der Waals surface area contributed by atoms with E-state index in [0.717, 1.165) is 11.1 Å². The zero-order valence-electron chi connectivity index (χ0n) is 17.4. The van der Waals surface area contributed by atoms with E-state index in [1.807, 2.05) is 25.1 Å². The third-order valence-electron chi connectivity index (χ3n) is 4.80. The molecule has 0 saturated carbocycles. The van der Waals surface area contributed by atoms with Gasteiger partial charge in [0, 0.05) is 5.69 Å². The molecule has 4 rings (SSSR count). The van der Waals surface area contributed by atoms with Crippen molar-refractivity contribution in [3.8, 4) is 11.8 Å². The van der Waals surface area contributed by atoms with Crippen LogP contribution < -0.4 is 17.0 Å². The number of nitriles is 1. The van der Waals surface area contributed by atoms with E-state index in [2.05, 4.69) is 9.97 Å². The molecule has 2 aromatic heterocycles. The number of halogens is 2. The summed E-state index contributed by atoms with van der Waals surface area (Å²) < 4.78 is 15.9. The molecule has 0 aliphatic carbocycles. The lowest BCUT2D eigenvalue weighted by atomic mass is 10.1. The second-order valence-corrected chi connectivity index (χ2v) is 7.29. The number of pyridine rings is 1. The molecule has 0 radical (unpaired) electrons. The van der Waals surface area contributed by atoms with E-state index in [0.29, 0.717) is 22.4 Å². The SMILES string of the molecule is CCc1cc2cccc(Cl)c2c(=O)n1-c1cccc(C)c1F.N#Cc1cnc(N)nc1N. The van der Waals surface area contributed by atoms with Crippen molar-refractivity contribution in [3.63, 3.8) is 0 Å². The summed E-state index contributed by atoms with van der Waals surface area (Å²) in [5.41, 5.74) is 11.9. The van der Waals surface area contributed by atoms with Gasteiger partial charge in [-0.15, -0.1) is 0 Å². The van der Waals surface area contributed by atoms with E-state index in [-0.39, 0.29) is 34.4 Å². The summed E-state index contributed by atoms with van der Waals surface area (Å²) in [5.74, 6) is -0.183. The number of hydrogen-bond acceptors (Lipinski definition) is 6. The summed E-state index contributed by atoms with van der Waals surface area (Å²) in [6, 6.07) is 14.1. The fourth-order valence-corrected chi connectivity index (χ4v) is 3.46. The van der Waals surface area contributed by atoms with Gasteiger partial charge < -0.3 is 11.5 Å². The van der Waals surface area contributed by atoms with Crippen LogP contribution in [0.5, 0.6) is 0 Å². The van der Waals surface area contributed by atoms with Gasteiger partial charge in [0.1, 0.15) is 23.3 Å². The van der Waals surface area contributed by atoms with Gasteiger partial charge in [0.2, 0.25) is 5.95 Å². The van der Waals surface area contributed by atoms with Crippen LogP contribution in [0.15, 0.2) is 53.5 Å². The molecule has 2 heterocycles. The molecule has 9 heteroatoms. The minimum absolute atomic E-state index is 0.0801. The molecule has 0 bridgehead atoms. The van der Waals surface area contributed by atoms with Crippen molar-refractivity contribution >= 4 is 34.1 Å². The molecule has 32 heavy (non-hydrogen) atoms. The maximum Gasteiger partial charge on any atom is 0.264 e. The number of fused-ring (bicyclic) bond motifs is 1. The number of aryl methyl sites for hydroxylation is 2. The normalized spacial score (nSPS) is 10.3. The first kappa shape index (κ1) is 22.7. The van der Waals surface area contributed by atoms with Crippen molar-refractivity contribution in [2.45, 2.75) is 20.3 Å². The largest absolute Gasteiger partial charge is 0.382 e. The highest BCUT2D eigenvalue weighted by atomic mass is 35.5. The Balaban J connectivity index is 0.000000243. The second-order valence-electron chi connectivity index (χ2n) is 6.88. The van der Waals surface area contributed by atoms with Crippen LogP contribution in [0.25, 0.3) is 16.5 Å². The highest BCUT2D eigenvalue weighted by Crippen LogP contribution is 2.24. The van der Waals surface area contributed by atoms with E-state index in [4.69, 9.17) is 28.3 Å². The quantitative estimate of drug-likeness (QED) is 0.472. The van der Waals surface area contributed by atoms with Crippen LogP contribution in [-0.2, 0) is 6.42 Å². The van der Waals surface area contributed by atoms with Gasteiger partial charge in [-0.3, -0.25) is 9.36 Å². The van der Waals surface area contributed by atoms with E-state index in [1.165, 1.54) is 10.8 Å². The molecule has 0 aliphatic heterocycles. The van der Waals surface area contributed by atoms with Gasteiger partial charge in [-0.25, -0.2) is 9.37 Å². The summed E-state index contributed by atoms with van der Waals surface area (Å²) in [6.45, 7) is 3.62. The lowest BCUT2D eigenvalue weighted by molar-refractivity contribution is 0.605. The maximum atomic E-state index is 14.5. The third kappa shape index (κ3) is 4.38. The van der Waals surface area contributed by atoms with Crippen LogP contribution in [0.2, 0.25) is 5.02 Å². The number of hydrogen-bond donors (Lipinski definition) is 2. The van der Waals surface area contributed by atoms with Crippen LogP contribution in [0.4, 0.5) is 16.2 Å². The molecule has 162 valence electrons. The van der Waals surface area contributed by atoms with E-state index in [1.54, 1.807) is 37.3 Å². The predicted octanol–water partition coefficient (Wildman–Crippen LogP) is 4.17. The number of benzene rings is 2. The summed E-state index contributed by atoms with van der Waals surface area (Å²) in [7, 11) is 0. The summed E-state index contributed by atoms with van der Waals surface area (Å²) in [5, 5.41) is 9.94. The smallest absolute Gasteiger partial charge is 0.264 e. The van der Waals surface area contributed by atoms with E-state index < -0.39 is 0 Å². The topological polar surface area (TPSA) is 124 Å². The Bertz CT molecular complexity index is 1410. The summed E-state index contributed by atoms with van der Waals surface area (Å²) >= 11 is 6.18. The van der Waals surface area contributed by atoms with Gasteiger partial charge >= 0.3 is 0 Å². The van der Waals surface area contributed by atoms with Crippen molar-refractivity contribution in [2.75, 3.05) is 11.5 Å². The van der Waals surface area contributed by atoms with Crippen molar-refractivity contribution in [1.29, 1.82) is 5.26 Å². The number of rotatable bonds is 2. The highest BCUT2D eigenvalue weighted by Gasteiger charge is 2.15. The van der Waals surface area contributed by atoms with Crippen LogP contribution in [-0.4, -0.2) is 14.5 Å². The van der Waals surface area contributed by atoms with Gasteiger partial charge in [0.05, 0.1) is 22.3 Å². The average molecular weight is 451 g/mol. The van der Waals surface area contributed by atoms with Gasteiger partial charge in [-0.1, -0.05) is 42.8 Å². The molecule has 0 spiro atoms. The molecule has 4 aromatic rings. The molecule has 0 atom stereocenters. The van der Waals surface area contributed by atoms with Gasteiger partial charge in [0.25, 0.3) is 5.56 Å². The third-order valence-corrected chi connectivity index (χ3v) is 5.12. The average Bonchev–Trinajstić information content (AvgIpc) is 2.76. The van der Waals surface area contributed by atoms with Crippen molar-refractivity contribution in [1.82, 2.24) is 14.5 Å². The Morgan fingerprint density at radius 3 is 2.59 bits per heavy atom. The molecule has 2 aromatic carbocycles. The van der Waals surface area contributed by atoms with Crippen molar-refractivity contribution in [2.24, 2.45) is 0 Å². The summed E-state index contributed by atoms with van der Waals surface area (Å²) in [4.78, 5) is 20.0. The summed E-state index contributed by atoms with van der Waals surface area (Å²) in [6.07, 6.45) is 1.91. The molecule has 0 amide bonds. The highest BCUT2D eigenvalue weighted by molar-refractivity contribution is 6.35. The Morgan fingerprint density at radius 2 is 1.94 bits per heavy atom. The van der Waals surface area contributed by atoms with Crippen molar-refractivity contribution in [3.05, 3.63) is 86.7 Å². The van der Waals surface area contributed by atoms with E-state index in [9.17, 15) is 9.18 Å². The molecule has 0 unspecified atom stereocenters. The number of nitrogens with two attached hydrogens (primary N) is 2. The van der Waals surface area contributed by atoms with Crippen LogP contribution in [0.1, 0.15) is 23.7 Å². The Hall–Kier alpha value is -3.96. The second kappa shape index (κ2) is 9.45. The van der Waals surface area contributed by atoms with Crippen LogP contribution >= 0.6 is 11.6 Å². The van der Waals surface area contributed by atoms with Crippen molar-refractivity contribution < 1.29 is 4.39 Å². The zero-order valence-corrected chi connectivity index (χ0v) is 18.2. The fraction of sp³-hybridized carbons (Fsp3) is 0.130. The minimum Gasteiger partial charge on any atom is -0.382 e. The molecular formula is C23H20ClFN6O. The standard InChI is InChI=1S/C18H15ClFNO.C5H5N5/c1-3-13-10-12-7-5-8-14(19)16(12)18(22)21(13)15-9-4-6-11(2)17(15)20;6-1-3-2-9-5(8)10-4(3)7/h4-10H,3H2,1-2H3;2H,(H4,7,8,9,10). The molecule has 4 N–H and O–H groups in total. The monoisotopic (exact) mass is 450 g/mol. The number of aromatic nitrogens is 3. The number of anilines is 2. The minimum atomic E-state index is -0.384. The lowest BCUT2D eigenvalue weighted by Crippen LogP contribution is -2.23. The first-order valence-corrected chi connectivity index (χ1v) is 10.0. The predicted molar refractivity (Wildman–Crippen MR) is 124 cm³/mol. The fourth-order valence-electron chi connectivity index (χ4n) is 3.20. The first-order valence-electron chi connectivity index (χ1n) is 9.65. The molecule has 0 saturated heterocycles. The molecular weight excluding hydrogens is 431 g/mol. The number of nitrogen functional groups attached to an aromatic ring is 2.